The van der Waals surface area contributed by atoms with Crippen LogP contribution in [0.5, 0.6) is 0 Å². The molecule has 1 atom stereocenters. The zero-order valence-electron chi connectivity index (χ0n) is 18.1. The zero-order valence-corrected chi connectivity index (χ0v) is 18.1. The van der Waals surface area contributed by atoms with Gasteiger partial charge >= 0.3 is 0 Å². The number of hydrogen-bond donors (Lipinski definition) is 2. The van der Waals surface area contributed by atoms with Crippen molar-refractivity contribution in [2.24, 2.45) is 4.99 Å². The van der Waals surface area contributed by atoms with E-state index in [1.807, 2.05) is 30.3 Å². The molecular formula is C23H33N5O. The largest absolute Gasteiger partial charge is 0.357 e. The van der Waals surface area contributed by atoms with Gasteiger partial charge < -0.3 is 20.4 Å². The van der Waals surface area contributed by atoms with E-state index >= 15 is 0 Å². The van der Waals surface area contributed by atoms with Gasteiger partial charge in [0.1, 0.15) is 0 Å². The fourth-order valence-electron chi connectivity index (χ4n) is 2.99. The lowest BCUT2D eigenvalue weighted by atomic mass is 10.1. The number of carbonyl (C=O) groups is 1. The molecule has 2 N–H and O–H groups in total. The van der Waals surface area contributed by atoms with Gasteiger partial charge in [-0.1, -0.05) is 42.5 Å². The first-order chi connectivity index (χ1) is 13.9. The van der Waals surface area contributed by atoms with Crippen LogP contribution in [0.2, 0.25) is 0 Å². The van der Waals surface area contributed by atoms with Gasteiger partial charge in [-0.3, -0.25) is 4.79 Å². The van der Waals surface area contributed by atoms with E-state index in [0.29, 0.717) is 12.1 Å². The van der Waals surface area contributed by atoms with Crippen LogP contribution in [-0.4, -0.2) is 62.9 Å². The first-order valence-electron chi connectivity index (χ1n) is 9.96. The summed E-state index contributed by atoms with van der Waals surface area (Å²) in [6.45, 7) is 4.14. The quantitative estimate of drug-likeness (QED) is 0.533. The molecule has 0 bridgehead atoms. The van der Waals surface area contributed by atoms with Gasteiger partial charge in [-0.15, -0.1) is 0 Å². The molecule has 156 valence electrons. The molecule has 0 spiro atoms. The van der Waals surface area contributed by atoms with Crippen LogP contribution in [0.15, 0.2) is 59.6 Å². The molecule has 2 aromatic rings. The molecule has 1 amide bonds. The van der Waals surface area contributed by atoms with Crippen LogP contribution in [0.3, 0.4) is 0 Å². The number of nitrogens with one attached hydrogen (secondary N) is 2. The predicted octanol–water partition coefficient (Wildman–Crippen LogP) is 2.75. The number of guanidine groups is 1. The minimum absolute atomic E-state index is 0.00527. The van der Waals surface area contributed by atoms with Crippen molar-refractivity contribution in [1.29, 1.82) is 0 Å². The normalized spacial score (nSPS) is 12.6. The summed E-state index contributed by atoms with van der Waals surface area (Å²) >= 11 is 0. The molecule has 6 nitrogen and oxygen atoms in total. The Balaban J connectivity index is 2.03. The molecule has 2 aromatic carbocycles. The van der Waals surface area contributed by atoms with Gasteiger partial charge in [0.05, 0.1) is 12.6 Å². The Labute approximate surface area is 174 Å². The summed E-state index contributed by atoms with van der Waals surface area (Å²) < 4.78 is 0. The van der Waals surface area contributed by atoms with Gasteiger partial charge in [0.15, 0.2) is 5.96 Å². The van der Waals surface area contributed by atoms with Gasteiger partial charge in [-0.25, -0.2) is 4.99 Å². The summed E-state index contributed by atoms with van der Waals surface area (Å²) in [6.07, 6.45) is 0. The highest BCUT2D eigenvalue weighted by Gasteiger charge is 2.14. The molecule has 0 saturated carbocycles. The number of amides is 1. The second-order valence-electron chi connectivity index (χ2n) is 7.36. The molecule has 0 aliphatic heterocycles. The molecule has 0 fully saturated rings. The van der Waals surface area contributed by atoms with Crippen LogP contribution in [-0.2, 0) is 6.54 Å². The highest BCUT2D eigenvalue weighted by atomic mass is 16.2. The van der Waals surface area contributed by atoms with Crippen LogP contribution in [0.25, 0.3) is 0 Å². The third kappa shape index (κ3) is 6.91. The zero-order chi connectivity index (χ0) is 21.2. The highest BCUT2D eigenvalue weighted by Crippen LogP contribution is 2.16. The molecule has 6 heteroatoms. The van der Waals surface area contributed by atoms with Gasteiger partial charge in [-0.2, -0.15) is 0 Å². The van der Waals surface area contributed by atoms with Crippen LogP contribution in [0.4, 0.5) is 0 Å². The summed E-state index contributed by atoms with van der Waals surface area (Å²) in [6, 6.07) is 18.3. The fourth-order valence-corrected chi connectivity index (χ4v) is 2.99. The second kappa shape index (κ2) is 11.2. The SMILES string of the molecule is CCNC(=NCc1ccc(C(=O)N(C)C)cc1)NCC(c1ccccc1)N(C)C. The third-order valence-corrected chi connectivity index (χ3v) is 4.64. The summed E-state index contributed by atoms with van der Waals surface area (Å²) in [4.78, 5) is 20.5. The molecule has 0 saturated heterocycles. The van der Waals surface area contributed by atoms with Crippen molar-refractivity contribution in [2.75, 3.05) is 41.3 Å². The molecule has 0 aliphatic carbocycles. The highest BCUT2D eigenvalue weighted by molar-refractivity contribution is 5.93. The van der Waals surface area contributed by atoms with E-state index in [4.69, 9.17) is 4.99 Å². The Morgan fingerprint density at radius 3 is 2.17 bits per heavy atom. The lowest BCUT2D eigenvalue weighted by molar-refractivity contribution is 0.0827. The van der Waals surface area contributed by atoms with E-state index in [0.717, 1.165) is 24.6 Å². The Hall–Kier alpha value is -2.86. The number of hydrogen-bond acceptors (Lipinski definition) is 3. The van der Waals surface area contributed by atoms with Crippen LogP contribution < -0.4 is 10.6 Å². The van der Waals surface area contributed by atoms with Crippen molar-refractivity contribution in [3.63, 3.8) is 0 Å². The summed E-state index contributed by atoms with van der Waals surface area (Å²) in [5.41, 5.74) is 3.01. The smallest absolute Gasteiger partial charge is 0.253 e. The van der Waals surface area contributed by atoms with E-state index < -0.39 is 0 Å². The lowest BCUT2D eigenvalue weighted by Gasteiger charge is -2.26. The van der Waals surface area contributed by atoms with E-state index in [1.54, 1.807) is 19.0 Å². The van der Waals surface area contributed by atoms with Crippen molar-refractivity contribution < 1.29 is 4.79 Å². The number of likely N-dealkylation sites (N-methyl/N-ethyl adjacent to an activating group) is 1. The summed E-state index contributed by atoms with van der Waals surface area (Å²) in [5.74, 6) is 0.787. The number of carbonyl (C=O) groups excluding carboxylic acids is 1. The number of nitrogens with zero attached hydrogens (tertiary/aromatic N) is 3. The first kappa shape index (κ1) is 22.4. The number of rotatable bonds is 8. The minimum atomic E-state index is 0.00527. The van der Waals surface area contributed by atoms with Crippen molar-refractivity contribution in [2.45, 2.75) is 19.5 Å². The molecular weight excluding hydrogens is 362 g/mol. The van der Waals surface area contributed by atoms with Crippen molar-refractivity contribution in [1.82, 2.24) is 20.4 Å². The average molecular weight is 396 g/mol. The number of aliphatic imine (C=N–C) groups is 1. The maximum atomic E-state index is 12.0. The molecule has 0 aliphatic rings. The molecule has 2 rings (SSSR count). The Morgan fingerprint density at radius 1 is 0.966 bits per heavy atom. The van der Waals surface area contributed by atoms with E-state index in [9.17, 15) is 4.79 Å². The summed E-state index contributed by atoms with van der Waals surface area (Å²) in [7, 11) is 7.68. The van der Waals surface area contributed by atoms with Crippen LogP contribution >= 0.6 is 0 Å². The standard InChI is InChI=1S/C23H33N5O/c1-6-24-23(26-17-21(27(2)3)19-10-8-7-9-11-19)25-16-18-12-14-20(15-13-18)22(29)28(4)5/h7-15,21H,6,16-17H2,1-5H3,(H2,24,25,26). The Morgan fingerprint density at radius 2 is 1.62 bits per heavy atom. The van der Waals surface area contributed by atoms with Gasteiger partial charge in [0.2, 0.25) is 0 Å². The molecule has 1 unspecified atom stereocenters. The maximum Gasteiger partial charge on any atom is 0.253 e. The van der Waals surface area contributed by atoms with E-state index in [1.165, 1.54) is 5.56 Å². The predicted molar refractivity (Wildman–Crippen MR) is 120 cm³/mol. The molecule has 29 heavy (non-hydrogen) atoms. The summed E-state index contributed by atoms with van der Waals surface area (Å²) in [5, 5.41) is 6.75. The molecule has 0 aromatic heterocycles. The average Bonchev–Trinajstić information content (AvgIpc) is 2.72. The Bertz CT molecular complexity index is 785. The van der Waals surface area contributed by atoms with Gasteiger partial charge in [0, 0.05) is 32.7 Å². The molecule has 0 heterocycles. The topological polar surface area (TPSA) is 60.0 Å². The Kier molecular flexibility index (Phi) is 8.68. The lowest BCUT2D eigenvalue weighted by Crippen LogP contribution is -2.41. The second-order valence-corrected chi connectivity index (χ2v) is 7.36. The number of benzene rings is 2. The van der Waals surface area contributed by atoms with Crippen molar-refractivity contribution >= 4 is 11.9 Å². The first-order valence-corrected chi connectivity index (χ1v) is 9.96. The fraction of sp³-hybridized carbons (Fsp3) is 0.391. The molecule has 0 radical (unpaired) electrons. The maximum absolute atomic E-state index is 12.0. The third-order valence-electron chi connectivity index (χ3n) is 4.64. The van der Waals surface area contributed by atoms with Gasteiger partial charge in [-0.05, 0) is 44.3 Å². The van der Waals surface area contributed by atoms with E-state index in [-0.39, 0.29) is 11.9 Å². The van der Waals surface area contributed by atoms with Crippen LogP contribution in [0, 0.1) is 0 Å². The van der Waals surface area contributed by atoms with Crippen molar-refractivity contribution in [3.05, 3.63) is 71.3 Å². The van der Waals surface area contributed by atoms with E-state index in [2.05, 4.69) is 60.8 Å². The minimum Gasteiger partial charge on any atom is -0.357 e. The van der Waals surface area contributed by atoms with Gasteiger partial charge in [0.25, 0.3) is 5.91 Å². The monoisotopic (exact) mass is 395 g/mol. The van der Waals surface area contributed by atoms with Crippen LogP contribution in [0.1, 0.15) is 34.5 Å². The van der Waals surface area contributed by atoms with Crippen molar-refractivity contribution in [3.8, 4) is 0 Å².